The third-order valence-corrected chi connectivity index (χ3v) is 3.14. The number of ether oxygens (including phenoxy) is 1. The van der Waals surface area contributed by atoms with Crippen molar-refractivity contribution in [2.24, 2.45) is 0 Å². The van der Waals surface area contributed by atoms with Crippen LogP contribution in [-0.2, 0) is 9.53 Å². The normalized spacial score (nSPS) is 11.6. The predicted molar refractivity (Wildman–Crippen MR) is 77.6 cm³/mol. The number of unbranched alkanes of at least 4 members (excludes halogenated alkanes) is 6. The van der Waals surface area contributed by atoms with E-state index < -0.39 is 0 Å². The largest absolute Gasteiger partial charge is 0.462 e. The molecule has 0 heterocycles. The number of carbonyl (C=O) groups is 1. The second-order valence-corrected chi connectivity index (χ2v) is 4.82. The van der Waals surface area contributed by atoms with Gasteiger partial charge < -0.3 is 4.74 Å². The Kier molecular flexibility index (Phi) is 12.1. The van der Waals surface area contributed by atoms with Crippen molar-refractivity contribution in [1.29, 1.82) is 0 Å². The van der Waals surface area contributed by atoms with Gasteiger partial charge in [0.2, 0.25) is 0 Å². The fourth-order valence-corrected chi connectivity index (χ4v) is 1.86. The Morgan fingerprint density at radius 2 is 1.56 bits per heavy atom. The molecule has 0 fully saturated rings. The molecule has 0 aromatic heterocycles. The molecule has 2 nitrogen and oxygen atoms in total. The molecule has 0 aromatic rings. The molecule has 0 N–H and O–H groups in total. The lowest BCUT2D eigenvalue weighted by Crippen LogP contribution is -2.09. The van der Waals surface area contributed by atoms with Crippen LogP contribution in [0.2, 0.25) is 0 Å². The topological polar surface area (TPSA) is 26.3 Å². The van der Waals surface area contributed by atoms with Gasteiger partial charge in [-0.2, -0.15) is 0 Å². The zero-order valence-electron chi connectivity index (χ0n) is 12.5. The van der Waals surface area contributed by atoms with E-state index in [1.54, 1.807) is 0 Å². The number of hydrogen-bond donors (Lipinski definition) is 0. The standard InChI is InChI=1S/C16H30O2/c1-4-7-9-10-11-12-13-15(6-3)16(17)18-14-8-5-2/h6H,4-5,7-14H2,1-3H3. The van der Waals surface area contributed by atoms with Gasteiger partial charge in [0.05, 0.1) is 6.61 Å². The molecule has 0 aliphatic rings. The predicted octanol–water partition coefficient (Wildman–Crippen LogP) is 5.03. The van der Waals surface area contributed by atoms with E-state index in [4.69, 9.17) is 4.74 Å². The lowest BCUT2D eigenvalue weighted by molar-refractivity contribution is -0.139. The van der Waals surface area contributed by atoms with Crippen LogP contribution in [0.1, 0.15) is 78.6 Å². The summed E-state index contributed by atoms with van der Waals surface area (Å²) in [5.74, 6) is -0.112. The van der Waals surface area contributed by atoms with Crippen molar-refractivity contribution in [2.75, 3.05) is 6.61 Å². The summed E-state index contributed by atoms with van der Waals surface area (Å²) in [7, 11) is 0. The van der Waals surface area contributed by atoms with E-state index in [1.807, 2.05) is 13.0 Å². The Bertz CT molecular complexity index is 231. The Hall–Kier alpha value is -0.790. The molecule has 0 saturated heterocycles. The van der Waals surface area contributed by atoms with Crippen LogP contribution in [-0.4, -0.2) is 12.6 Å². The molecule has 18 heavy (non-hydrogen) atoms. The van der Waals surface area contributed by atoms with E-state index in [9.17, 15) is 4.79 Å². The molecular formula is C16H30O2. The van der Waals surface area contributed by atoms with Crippen molar-refractivity contribution >= 4 is 5.97 Å². The molecular weight excluding hydrogens is 224 g/mol. The van der Waals surface area contributed by atoms with Crippen LogP contribution in [0.4, 0.5) is 0 Å². The van der Waals surface area contributed by atoms with E-state index in [0.29, 0.717) is 6.61 Å². The lowest BCUT2D eigenvalue weighted by Gasteiger charge is -2.07. The quantitative estimate of drug-likeness (QED) is 0.294. The fraction of sp³-hybridized carbons (Fsp3) is 0.812. The minimum Gasteiger partial charge on any atom is -0.462 e. The highest BCUT2D eigenvalue weighted by Crippen LogP contribution is 2.13. The molecule has 0 aromatic carbocycles. The van der Waals surface area contributed by atoms with Crippen LogP contribution in [0.25, 0.3) is 0 Å². The smallest absolute Gasteiger partial charge is 0.333 e. The lowest BCUT2D eigenvalue weighted by atomic mass is 10.1. The van der Waals surface area contributed by atoms with Crippen molar-refractivity contribution in [3.05, 3.63) is 11.6 Å². The van der Waals surface area contributed by atoms with E-state index in [-0.39, 0.29) is 5.97 Å². The molecule has 0 spiro atoms. The van der Waals surface area contributed by atoms with Crippen LogP contribution < -0.4 is 0 Å². The molecule has 0 amide bonds. The average molecular weight is 254 g/mol. The van der Waals surface area contributed by atoms with Gasteiger partial charge in [-0.1, -0.05) is 58.4 Å². The number of esters is 1. The maximum absolute atomic E-state index is 11.7. The summed E-state index contributed by atoms with van der Waals surface area (Å²) in [4.78, 5) is 11.7. The molecule has 106 valence electrons. The highest BCUT2D eigenvalue weighted by Gasteiger charge is 2.09. The van der Waals surface area contributed by atoms with Crippen molar-refractivity contribution < 1.29 is 9.53 Å². The molecule has 0 rings (SSSR count). The van der Waals surface area contributed by atoms with Gasteiger partial charge in [-0.25, -0.2) is 4.79 Å². The molecule has 0 saturated carbocycles. The first-order valence-electron chi connectivity index (χ1n) is 7.58. The minimum absolute atomic E-state index is 0.112. The zero-order chi connectivity index (χ0) is 13.6. The van der Waals surface area contributed by atoms with Crippen LogP contribution >= 0.6 is 0 Å². The number of rotatable bonds is 11. The molecule has 0 aliphatic carbocycles. The Labute approximate surface area is 113 Å². The van der Waals surface area contributed by atoms with Gasteiger partial charge in [0.25, 0.3) is 0 Å². The van der Waals surface area contributed by atoms with Crippen molar-refractivity contribution in [1.82, 2.24) is 0 Å². The van der Waals surface area contributed by atoms with Gasteiger partial charge in [0.15, 0.2) is 0 Å². The average Bonchev–Trinajstić information content (AvgIpc) is 2.38. The maximum atomic E-state index is 11.7. The number of hydrogen-bond acceptors (Lipinski definition) is 2. The van der Waals surface area contributed by atoms with Crippen LogP contribution in [0, 0.1) is 0 Å². The Balaban J connectivity index is 3.66. The van der Waals surface area contributed by atoms with E-state index in [1.165, 1.54) is 32.1 Å². The molecule has 0 radical (unpaired) electrons. The highest BCUT2D eigenvalue weighted by molar-refractivity contribution is 5.88. The van der Waals surface area contributed by atoms with E-state index >= 15 is 0 Å². The zero-order valence-corrected chi connectivity index (χ0v) is 12.5. The number of allylic oxidation sites excluding steroid dienone is 1. The van der Waals surface area contributed by atoms with Crippen molar-refractivity contribution in [3.63, 3.8) is 0 Å². The first-order valence-corrected chi connectivity index (χ1v) is 7.58. The van der Waals surface area contributed by atoms with Gasteiger partial charge in [-0.15, -0.1) is 0 Å². The van der Waals surface area contributed by atoms with E-state index in [2.05, 4.69) is 13.8 Å². The SMILES string of the molecule is CC=C(CCCCCCCC)C(=O)OCCCC. The summed E-state index contributed by atoms with van der Waals surface area (Å²) in [5, 5.41) is 0. The first kappa shape index (κ1) is 17.2. The monoisotopic (exact) mass is 254 g/mol. The third kappa shape index (κ3) is 9.26. The van der Waals surface area contributed by atoms with Gasteiger partial charge in [0, 0.05) is 5.57 Å². The second-order valence-electron chi connectivity index (χ2n) is 4.82. The van der Waals surface area contributed by atoms with Crippen molar-refractivity contribution in [3.8, 4) is 0 Å². The maximum Gasteiger partial charge on any atom is 0.333 e. The molecule has 0 atom stereocenters. The molecule has 2 heteroatoms. The first-order chi connectivity index (χ1) is 8.76. The minimum atomic E-state index is -0.112. The summed E-state index contributed by atoms with van der Waals surface area (Å²) in [6.07, 6.45) is 12.3. The van der Waals surface area contributed by atoms with Crippen LogP contribution in [0.5, 0.6) is 0 Å². The van der Waals surface area contributed by atoms with Crippen LogP contribution in [0.3, 0.4) is 0 Å². The van der Waals surface area contributed by atoms with Gasteiger partial charge in [-0.3, -0.25) is 0 Å². The third-order valence-electron chi connectivity index (χ3n) is 3.14. The van der Waals surface area contributed by atoms with Gasteiger partial charge in [0.1, 0.15) is 0 Å². The molecule has 0 unspecified atom stereocenters. The summed E-state index contributed by atoms with van der Waals surface area (Å²) < 4.78 is 5.22. The summed E-state index contributed by atoms with van der Waals surface area (Å²) in [5.41, 5.74) is 0.849. The molecule has 0 aliphatic heterocycles. The molecule has 0 bridgehead atoms. The fourth-order valence-electron chi connectivity index (χ4n) is 1.86. The summed E-state index contributed by atoms with van der Waals surface area (Å²) >= 11 is 0. The number of carbonyl (C=O) groups excluding carboxylic acids is 1. The van der Waals surface area contributed by atoms with Gasteiger partial charge in [-0.05, 0) is 26.2 Å². The van der Waals surface area contributed by atoms with E-state index in [0.717, 1.165) is 31.3 Å². The Morgan fingerprint density at radius 1 is 0.944 bits per heavy atom. The highest BCUT2D eigenvalue weighted by atomic mass is 16.5. The van der Waals surface area contributed by atoms with Crippen LogP contribution in [0.15, 0.2) is 11.6 Å². The summed E-state index contributed by atoms with van der Waals surface area (Å²) in [6, 6.07) is 0. The summed E-state index contributed by atoms with van der Waals surface area (Å²) in [6.45, 7) is 6.81. The second kappa shape index (κ2) is 12.7. The van der Waals surface area contributed by atoms with Gasteiger partial charge >= 0.3 is 5.97 Å². The Morgan fingerprint density at radius 3 is 2.17 bits per heavy atom. The van der Waals surface area contributed by atoms with Crippen molar-refractivity contribution in [2.45, 2.75) is 78.6 Å².